The van der Waals surface area contributed by atoms with E-state index in [1.807, 2.05) is 0 Å². The summed E-state index contributed by atoms with van der Waals surface area (Å²) < 4.78 is 10.2. The molecule has 0 atom stereocenters. The predicted molar refractivity (Wildman–Crippen MR) is 67.5 cm³/mol. The second-order valence-electron chi connectivity index (χ2n) is 4.67. The Morgan fingerprint density at radius 1 is 1.37 bits per heavy atom. The Morgan fingerprint density at radius 2 is 2.00 bits per heavy atom. The van der Waals surface area contributed by atoms with Gasteiger partial charge in [-0.3, -0.25) is 0 Å². The third kappa shape index (κ3) is 5.13. The maximum atomic E-state index is 11.4. The molecule has 1 heterocycles. The van der Waals surface area contributed by atoms with Crippen LogP contribution in [-0.4, -0.2) is 34.2 Å². The molecule has 0 aliphatic heterocycles. The zero-order valence-corrected chi connectivity index (χ0v) is 11.5. The summed E-state index contributed by atoms with van der Waals surface area (Å²) in [5.41, 5.74) is -0.801. The van der Waals surface area contributed by atoms with Gasteiger partial charge in [-0.1, -0.05) is 11.6 Å². The molecule has 0 aromatic carbocycles. The largest absolute Gasteiger partial charge is 0.479 e. The molecule has 1 aromatic rings. The molecule has 0 spiro atoms. The number of aromatic nitrogens is 1. The lowest BCUT2D eigenvalue weighted by Crippen LogP contribution is -2.27. The maximum absolute atomic E-state index is 11.4. The van der Waals surface area contributed by atoms with Crippen LogP contribution in [0.1, 0.15) is 31.3 Å². The average molecular weight is 288 g/mol. The number of hydrogen-bond acceptors (Lipinski definition) is 5. The molecule has 1 aromatic heterocycles. The van der Waals surface area contributed by atoms with E-state index in [9.17, 15) is 9.59 Å². The fraction of sp³-hybridized carbons (Fsp3) is 0.417. The number of pyridine rings is 1. The van der Waals surface area contributed by atoms with E-state index in [2.05, 4.69) is 4.98 Å². The van der Waals surface area contributed by atoms with Crippen LogP contribution in [0.15, 0.2) is 12.1 Å². The Balaban J connectivity index is 2.64. The zero-order valence-electron chi connectivity index (χ0n) is 10.8. The molecular weight excluding hydrogens is 274 g/mol. The van der Waals surface area contributed by atoms with Crippen molar-refractivity contribution in [3.63, 3.8) is 0 Å². The molecule has 0 radical (unpaired) electrons. The Morgan fingerprint density at radius 3 is 2.47 bits per heavy atom. The predicted octanol–water partition coefficient (Wildman–Crippen LogP) is 2.15. The van der Waals surface area contributed by atoms with Gasteiger partial charge in [0.2, 0.25) is 0 Å². The van der Waals surface area contributed by atoms with Gasteiger partial charge in [-0.2, -0.15) is 0 Å². The molecule has 1 rings (SSSR count). The number of halogens is 1. The van der Waals surface area contributed by atoms with Crippen molar-refractivity contribution in [2.75, 3.05) is 6.61 Å². The zero-order chi connectivity index (χ0) is 14.6. The Kier molecular flexibility index (Phi) is 4.72. The maximum Gasteiger partial charge on any atom is 0.354 e. The van der Waals surface area contributed by atoms with Crippen molar-refractivity contribution in [2.45, 2.75) is 26.4 Å². The third-order valence-corrected chi connectivity index (χ3v) is 2.07. The van der Waals surface area contributed by atoms with Crippen LogP contribution >= 0.6 is 11.6 Å². The van der Waals surface area contributed by atoms with Crippen LogP contribution in [-0.2, 0) is 9.53 Å². The summed E-state index contributed by atoms with van der Waals surface area (Å²) in [6, 6.07) is 2.57. The van der Waals surface area contributed by atoms with Crippen LogP contribution < -0.4 is 4.74 Å². The monoisotopic (exact) mass is 287 g/mol. The highest BCUT2D eigenvalue weighted by molar-refractivity contribution is 6.31. The van der Waals surface area contributed by atoms with E-state index >= 15 is 0 Å². The van der Waals surface area contributed by atoms with Gasteiger partial charge in [0.05, 0.1) is 0 Å². The number of carboxylic acid groups (broad SMARTS) is 1. The molecule has 0 fully saturated rings. The minimum absolute atomic E-state index is 0.122. The van der Waals surface area contributed by atoms with Gasteiger partial charge in [-0.05, 0) is 32.9 Å². The molecule has 1 N–H and O–H groups in total. The lowest BCUT2D eigenvalue weighted by molar-refractivity contribution is -0.157. The van der Waals surface area contributed by atoms with E-state index in [0.717, 1.165) is 0 Å². The highest BCUT2D eigenvalue weighted by atomic mass is 35.5. The van der Waals surface area contributed by atoms with Crippen molar-refractivity contribution < 1.29 is 24.2 Å². The summed E-state index contributed by atoms with van der Waals surface area (Å²) in [4.78, 5) is 25.7. The molecule has 19 heavy (non-hydrogen) atoms. The van der Waals surface area contributed by atoms with Gasteiger partial charge in [-0.15, -0.1) is 0 Å². The van der Waals surface area contributed by atoms with Gasteiger partial charge in [0, 0.05) is 0 Å². The fourth-order valence-corrected chi connectivity index (χ4v) is 1.36. The second-order valence-corrected chi connectivity index (χ2v) is 5.02. The Bertz CT molecular complexity index is 495. The van der Waals surface area contributed by atoms with Crippen molar-refractivity contribution in [3.8, 4) is 5.75 Å². The highest BCUT2D eigenvalue weighted by Crippen LogP contribution is 2.22. The minimum Gasteiger partial charge on any atom is -0.479 e. The molecule has 0 bridgehead atoms. The summed E-state index contributed by atoms with van der Waals surface area (Å²) in [6.45, 7) is 4.88. The molecule has 104 valence electrons. The first-order valence-corrected chi connectivity index (χ1v) is 5.81. The van der Waals surface area contributed by atoms with Crippen LogP contribution in [0.2, 0.25) is 5.15 Å². The van der Waals surface area contributed by atoms with Crippen LogP contribution in [0.5, 0.6) is 5.75 Å². The smallest absolute Gasteiger partial charge is 0.354 e. The van der Waals surface area contributed by atoms with E-state index in [1.54, 1.807) is 20.8 Å². The van der Waals surface area contributed by atoms with Crippen molar-refractivity contribution in [3.05, 3.63) is 23.0 Å². The van der Waals surface area contributed by atoms with Gasteiger partial charge < -0.3 is 14.6 Å². The van der Waals surface area contributed by atoms with Gasteiger partial charge in [0.15, 0.2) is 17.5 Å². The number of hydrogen-bond donors (Lipinski definition) is 1. The molecule has 7 heteroatoms. The van der Waals surface area contributed by atoms with E-state index < -0.39 is 17.5 Å². The van der Waals surface area contributed by atoms with E-state index in [-0.39, 0.29) is 23.2 Å². The van der Waals surface area contributed by atoms with Crippen LogP contribution in [0.4, 0.5) is 0 Å². The van der Waals surface area contributed by atoms with E-state index in [1.165, 1.54) is 12.1 Å². The molecular formula is C12H14ClNO5. The summed E-state index contributed by atoms with van der Waals surface area (Å²) in [7, 11) is 0. The minimum atomic E-state index is -1.19. The average Bonchev–Trinajstić information content (AvgIpc) is 2.24. The third-order valence-electron chi connectivity index (χ3n) is 1.80. The first-order valence-electron chi connectivity index (χ1n) is 5.43. The van der Waals surface area contributed by atoms with Gasteiger partial charge >= 0.3 is 11.9 Å². The SMILES string of the molecule is CC(C)(C)OC(=O)COc1ccc(C(=O)O)nc1Cl. The number of carbonyl (C=O) groups is 2. The molecule has 0 saturated heterocycles. The fourth-order valence-electron chi connectivity index (χ4n) is 1.16. The molecule has 0 saturated carbocycles. The standard InChI is InChI=1S/C12H14ClNO5/c1-12(2,3)19-9(15)6-18-8-5-4-7(11(16)17)14-10(8)13/h4-5H,6H2,1-3H3,(H,16,17). The van der Waals surface area contributed by atoms with Gasteiger partial charge in [-0.25, -0.2) is 14.6 Å². The Labute approximate surface area is 115 Å². The molecule has 0 unspecified atom stereocenters. The molecule has 0 amide bonds. The van der Waals surface area contributed by atoms with Gasteiger partial charge in [0.25, 0.3) is 0 Å². The lowest BCUT2D eigenvalue weighted by Gasteiger charge is -2.19. The van der Waals surface area contributed by atoms with Crippen molar-refractivity contribution >= 4 is 23.5 Å². The van der Waals surface area contributed by atoms with E-state index in [4.69, 9.17) is 26.2 Å². The first-order chi connectivity index (χ1) is 8.69. The van der Waals surface area contributed by atoms with Crippen molar-refractivity contribution in [1.82, 2.24) is 4.98 Å². The number of ether oxygens (including phenoxy) is 2. The number of rotatable bonds is 4. The number of nitrogens with zero attached hydrogens (tertiary/aromatic N) is 1. The number of carbonyl (C=O) groups excluding carboxylic acids is 1. The first kappa shape index (κ1) is 15.2. The summed E-state index contributed by atoms with van der Waals surface area (Å²) in [5, 5.41) is 8.59. The summed E-state index contributed by atoms with van der Waals surface area (Å²) in [6.07, 6.45) is 0. The number of esters is 1. The summed E-state index contributed by atoms with van der Waals surface area (Å²) in [5.74, 6) is -1.62. The lowest BCUT2D eigenvalue weighted by atomic mass is 10.2. The Hall–Kier alpha value is -1.82. The topological polar surface area (TPSA) is 85.7 Å². The highest BCUT2D eigenvalue weighted by Gasteiger charge is 2.17. The molecule has 0 aliphatic carbocycles. The second kappa shape index (κ2) is 5.88. The van der Waals surface area contributed by atoms with Crippen LogP contribution in [0, 0.1) is 0 Å². The molecule has 6 nitrogen and oxygen atoms in total. The molecule has 0 aliphatic rings. The quantitative estimate of drug-likeness (QED) is 0.674. The van der Waals surface area contributed by atoms with Crippen molar-refractivity contribution in [2.24, 2.45) is 0 Å². The summed E-state index contributed by atoms with van der Waals surface area (Å²) >= 11 is 5.74. The normalized spacial score (nSPS) is 10.9. The van der Waals surface area contributed by atoms with Crippen molar-refractivity contribution in [1.29, 1.82) is 0 Å². The van der Waals surface area contributed by atoms with Crippen LogP contribution in [0.3, 0.4) is 0 Å². The van der Waals surface area contributed by atoms with E-state index in [0.29, 0.717) is 0 Å². The van der Waals surface area contributed by atoms with Gasteiger partial charge in [0.1, 0.15) is 11.3 Å². The van der Waals surface area contributed by atoms with Crippen LogP contribution in [0.25, 0.3) is 0 Å². The number of aromatic carboxylic acids is 1. The number of carboxylic acids is 1.